The molecule has 0 aliphatic carbocycles. The molecule has 0 aliphatic heterocycles. The van der Waals surface area contributed by atoms with Gasteiger partial charge >= 0.3 is 0 Å². The van der Waals surface area contributed by atoms with E-state index in [-0.39, 0.29) is 5.84 Å². The largest absolute Gasteiger partial charge is 0.387 e. The molecule has 0 saturated carbocycles. The molecule has 0 amide bonds. The van der Waals surface area contributed by atoms with Gasteiger partial charge in [0.2, 0.25) is 0 Å². The van der Waals surface area contributed by atoms with Gasteiger partial charge in [-0.15, -0.1) is 11.3 Å². The van der Waals surface area contributed by atoms with Gasteiger partial charge in [-0.1, -0.05) is 28.1 Å². The van der Waals surface area contributed by atoms with Crippen molar-refractivity contribution in [3.05, 3.63) is 39.1 Å². The fourth-order valence-electron chi connectivity index (χ4n) is 1.31. The first-order valence-electron chi connectivity index (χ1n) is 4.68. The number of hydrogen-bond acceptors (Lipinski definition) is 3. The number of nitrogens with two attached hydrogens (primary N) is 1. The lowest BCUT2D eigenvalue weighted by atomic mass is 10.2. The van der Waals surface area contributed by atoms with Gasteiger partial charge in [0, 0.05) is 15.4 Å². The molecule has 0 saturated heterocycles. The topological polar surface area (TPSA) is 62.8 Å². The van der Waals surface area contributed by atoms with E-state index in [1.54, 1.807) is 0 Å². The molecule has 1 aromatic carbocycles. The van der Waals surface area contributed by atoms with Crippen molar-refractivity contribution in [3.63, 3.8) is 0 Å². The number of amidine groups is 1. The van der Waals surface area contributed by atoms with E-state index in [0.717, 1.165) is 20.7 Å². The molecule has 0 aliphatic rings. The lowest BCUT2D eigenvalue weighted by Crippen LogP contribution is -2.12. The number of rotatable bonds is 3. The maximum absolute atomic E-state index is 7.21. The quantitative estimate of drug-likeness (QED) is 0.675. The Morgan fingerprint density at radius 1 is 1.38 bits per heavy atom. The minimum Gasteiger partial charge on any atom is -0.387 e. The minimum absolute atomic E-state index is 0.150. The first-order valence-corrected chi connectivity index (χ1v) is 6.35. The number of hydrogen-bond donors (Lipinski definition) is 2. The highest BCUT2D eigenvalue weighted by molar-refractivity contribution is 9.10. The number of nitrogens with zero attached hydrogens (tertiary/aromatic N) is 1. The molecule has 0 spiro atoms. The monoisotopic (exact) mass is 295 g/mol. The van der Waals surface area contributed by atoms with Crippen LogP contribution < -0.4 is 5.73 Å². The molecule has 82 valence electrons. The Bertz CT molecular complexity index is 504. The summed E-state index contributed by atoms with van der Waals surface area (Å²) in [7, 11) is 0. The van der Waals surface area contributed by atoms with Crippen molar-refractivity contribution in [2.75, 3.05) is 0 Å². The molecule has 0 radical (unpaired) electrons. The molecule has 2 aromatic rings. The van der Waals surface area contributed by atoms with Gasteiger partial charge in [-0.2, -0.15) is 0 Å². The van der Waals surface area contributed by atoms with E-state index >= 15 is 0 Å². The summed E-state index contributed by atoms with van der Waals surface area (Å²) in [6.07, 6.45) is 0.432. The molecule has 0 unspecified atom stereocenters. The van der Waals surface area contributed by atoms with Gasteiger partial charge in [0.1, 0.15) is 5.01 Å². The molecular formula is C11H10BrN3S. The summed E-state index contributed by atoms with van der Waals surface area (Å²) in [5, 5.41) is 10.1. The molecule has 3 nitrogen and oxygen atoms in total. The average Bonchev–Trinajstić information content (AvgIpc) is 2.66. The van der Waals surface area contributed by atoms with E-state index in [2.05, 4.69) is 20.9 Å². The van der Waals surface area contributed by atoms with E-state index in [1.807, 2.05) is 29.6 Å². The first kappa shape index (κ1) is 11.3. The standard InChI is InChI=1S/C11H10BrN3S/c12-8-3-1-7(2-4-8)9-6-16-11(15-9)5-10(13)14/h1-4,6H,5H2,(H3,13,14). The Morgan fingerprint density at radius 2 is 2.06 bits per heavy atom. The Balaban J connectivity index is 2.24. The van der Waals surface area contributed by atoms with Crippen LogP contribution in [0.4, 0.5) is 0 Å². The van der Waals surface area contributed by atoms with Gasteiger partial charge in [0.25, 0.3) is 0 Å². The number of aromatic nitrogens is 1. The highest BCUT2D eigenvalue weighted by atomic mass is 79.9. The number of nitrogens with one attached hydrogen (secondary N) is 1. The van der Waals surface area contributed by atoms with Crippen LogP contribution in [0.15, 0.2) is 34.1 Å². The average molecular weight is 296 g/mol. The van der Waals surface area contributed by atoms with Crippen molar-refractivity contribution in [3.8, 4) is 11.3 Å². The molecule has 1 aromatic heterocycles. The third-order valence-corrected chi connectivity index (χ3v) is 3.41. The van der Waals surface area contributed by atoms with Crippen LogP contribution in [0.2, 0.25) is 0 Å². The number of halogens is 1. The second kappa shape index (κ2) is 4.76. The zero-order chi connectivity index (χ0) is 11.5. The van der Waals surface area contributed by atoms with Crippen molar-refractivity contribution in [1.82, 2.24) is 4.98 Å². The SMILES string of the molecule is N=C(N)Cc1nc(-c2ccc(Br)cc2)cs1. The van der Waals surface area contributed by atoms with Crippen LogP contribution >= 0.6 is 27.3 Å². The Hall–Kier alpha value is -1.20. The van der Waals surface area contributed by atoms with Gasteiger partial charge in [0.15, 0.2) is 0 Å². The van der Waals surface area contributed by atoms with Gasteiger partial charge in [0.05, 0.1) is 18.0 Å². The van der Waals surface area contributed by atoms with Crippen LogP contribution in [0.3, 0.4) is 0 Å². The number of benzene rings is 1. The summed E-state index contributed by atoms with van der Waals surface area (Å²) in [6, 6.07) is 7.99. The third-order valence-electron chi connectivity index (χ3n) is 2.03. The Kier molecular flexibility index (Phi) is 3.36. The van der Waals surface area contributed by atoms with Crippen molar-refractivity contribution in [1.29, 1.82) is 5.41 Å². The van der Waals surface area contributed by atoms with E-state index in [4.69, 9.17) is 11.1 Å². The lowest BCUT2D eigenvalue weighted by Gasteiger charge is -1.96. The molecular weight excluding hydrogens is 286 g/mol. The van der Waals surface area contributed by atoms with E-state index in [9.17, 15) is 0 Å². The fourth-order valence-corrected chi connectivity index (χ4v) is 2.40. The van der Waals surface area contributed by atoms with E-state index < -0.39 is 0 Å². The summed E-state index contributed by atoms with van der Waals surface area (Å²) in [6.45, 7) is 0. The van der Waals surface area contributed by atoms with Gasteiger partial charge in [-0.25, -0.2) is 4.98 Å². The molecule has 0 fully saturated rings. The normalized spacial score (nSPS) is 10.3. The smallest absolute Gasteiger partial charge is 0.101 e. The summed E-state index contributed by atoms with van der Waals surface area (Å²) in [4.78, 5) is 4.43. The molecule has 0 bridgehead atoms. The Morgan fingerprint density at radius 3 is 2.69 bits per heavy atom. The van der Waals surface area contributed by atoms with Crippen LogP contribution in [0.1, 0.15) is 5.01 Å². The van der Waals surface area contributed by atoms with Crippen LogP contribution in [0.25, 0.3) is 11.3 Å². The van der Waals surface area contributed by atoms with Crippen LogP contribution in [-0.4, -0.2) is 10.8 Å². The predicted molar refractivity (Wildman–Crippen MR) is 70.9 cm³/mol. The molecule has 2 rings (SSSR count). The molecule has 5 heteroatoms. The highest BCUT2D eigenvalue weighted by Gasteiger charge is 2.05. The molecule has 3 N–H and O–H groups in total. The van der Waals surface area contributed by atoms with Gasteiger partial charge < -0.3 is 5.73 Å². The van der Waals surface area contributed by atoms with Gasteiger partial charge in [-0.05, 0) is 12.1 Å². The van der Waals surface area contributed by atoms with Crippen LogP contribution in [-0.2, 0) is 6.42 Å². The van der Waals surface area contributed by atoms with Crippen molar-refractivity contribution in [2.24, 2.45) is 5.73 Å². The van der Waals surface area contributed by atoms with Gasteiger partial charge in [-0.3, -0.25) is 5.41 Å². The summed E-state index contributed by atoms with van der Waals surface area (Å²) in [5.41, 5.74) is 7.35. The minimum atomic E-state index is 0.150. The van der Waals surface area contributed by atoms with Crippen LogP contribution in [0.5, 0.6) is 0 Å². The van der Waals surface area contributed by atoms with Crippen molar-refractivity contribution in [2.45, 2.75) is 6.42 Å². The molecule has 1 heterocycles. The number of thiazole rings is 1. The predicted octanol–water partition coefficient (Wildman–Crippen LogP) is 3.05. The second-order valence-corrected chi connectivity index (χ2v) is 5.19. The molecule has 16 heavy (non-hydrogen) atoms. The van der Waals surface area contributed by atoms with Crippen molar-refractivity contribution < 1.29 is 0 Å². The molecule has 0 atom stereocenters. The maximum atomic E-state index is 7.21. The third kappa shape index (κ3) is 2.68. The van der Waals surface area contributed by atoms with Crippen LogP contribution in [0, 0.1) is 5.41 Å². The van der Waals surface area contributed by atoms with E-state index in [1.165, 1.54) is 11.3 Å². The fraction of sp³-hybridized carbons (Fsp3) is 0.0909. The zero-order valence-electron chi connectivity index (χ0n) is 8.40. The van der Waals surface area contributed by atoms with Crippen molar-refractivity contribution >= 4 is 33.1 Å². The first-order chi connectivity index (χ1) is 7.65. The highest BCUT2D eigenvalue weighted by Crippen LogP contribution is 2.23. The lowest BCUT2D eigenvalue weighted by molar-refractivity contribution is 1.19. The maximum Gasteiger partial charge on any atom is 0.101 e. The summed E-state index contributed by atoms with van der Waals surface area (Å²) >= 11 is 4.93. The summed E-state index contributed by atoms with van der Waals surface area (Å²) in [5.74, 6) is 0.150. The zero-order valence-corrected chi connectivity index (χ0v) is 10.8. The Labute approximate surface area is 106 Å². The summed E-state index contributed by atoms with van der Waals surface area (Å²) < 4.78 is 1.05. The second-order valence-electron chi connectivity index (χ2n) is 3.34. The van der Waals surface area contributed by atoms with E-state index in [0.29, 0.717) is 6.42 Å².